The van der Waals surface area contributed by atoms with Gasteiger partial charge in [0.2, 0.25) is 0 Å². The summed E-state index contributed by atoms with van der Waals surface area (Å²) in [5.74, 6) is 1.29. The summed E-state index contributed by atoms with van der Waals surface area (Å²) in [5, 5.41) is 10.3. The van der Waals surface area contributed by atoms with Crippen LogP contribution in [-0.2, 0) is 16.0 Å². The molecule has 160 valence electrons. The number of methoxy groups -OCH3 is 2. The minimum absolute atomic E-state index is 0.0483. The molecule has 1 N–H and O–H groups in total. The van der Waals surface area contributed by atoms with Gasteiger partial charge in [0.05, 0.1) is 33.4 Å². The van der Waals surface area contributed by atoms with E-state index in [9.17, 15) is 5.11 Å². The van der Waals surface area contributed by atoms with E-state index in [1.165, 1.54) is 0 Å². The Kier molecular flexibility index (Phi) is 9.94. The molecule has 0 aliphatic heterocycles. The van der Waals surface area contributed by atoms with Gasteiger partial charge in [0.25, 0.3) is 0 Å². The zero-order valence-electron chi connectivity index (χ0n) is 17.8. The molecule has 29 heavy (non-hydrogen) atoms. The molecule has 1 atom stereocenters. The average Bonchev–Trinajstić information content (AvgIpc) is 2.75. The predicted octanol–water partition coefficient (Wildman–Crippen LogP) is 3.64. The van der Waals surface area contributed by atoms with Crippen LogP contribution >= 0.6 is 0 Å². The monoisotopic (exact) mass is 403 g/mol. The van der Waals surface area contributed by atoms with Crippen LogP contribution in [0.25, 0.3) is 0 Å². The van der Waals surface area contributed by atoms with Crippen molar-refractivity contribution in [1.82, 2.24) is 4.90 Å². The van der Waals surface area contributed by atoms with E-state index < -0.39 is 0 Å². The number of nitrogens with zero attached hydrogens (tertiary/aromatic N) is 1. The van der Waals surface area contributed by atoms with Crippen molar-refractivity contribution < 1.29 is 24.1 Å². The highest BCUT2D eigenvalue weighted by molar-refractivity contribution is 5.44. The lowest BCUT2D eigenvalue weighted by Crippen LogP contribution is -2.39. The van der Waals surface area contributed by atoms with E-state index in [0.29, 0.717) is 37.8 Å². The molecule has 0 amide bonds. The summed E-state index contributed by atoms with van der Waals surface area (Å²) < 4.78 is 22.3. The van der Waals surface area contributed by atoms with Crippen LogP contribution in [0.15, 0.2) is 48.5 Å². The summed E-state index contributed by atoms with van der Waals surface area (Å²) >= 11 is 0. The number of hydrogen-bond acceptors (Lipinski definition) is 6. The Morgan fingerprint density at radius 3 is 2.10 bits per heavy atom. The molecule has 1 unspecified atom stereocenters. The quantitative estimate of drug-likeness (QED) is 0.515. The first-order chi connectivity index (χ1) is 14.2. The van der Waals surface area contributed by atoms with Gasteiger partial charge in [0.15, 0.2) is 17.8 Å². The molecule has 6 heteroatoms. The molecule has 0 bridgehead atoms. The van der Waals surface area contributed by atoms with Gasteiger partial charge in [0, 0.05) is 19.8 Å². The molecule has 0 spiro atoms. The van der Waals surface area contributed by atoms with Crippen LogP contribution < -0.4 is 9.47 Å². The Balaban J connectivity index is 2.35. The summed E-state index contributed by atoms with van der Waals surface area (Å²) in [5.41, 5.74) is 2.09. The standard InChI is InChI=1S/C23H33NO5/c1-5-28-23(29-6-2)16-24(15-18-10-8-7-9-11-18)20(17-25)19-12-13-21(26-3)22(14-19)27-4/h7-14,20,23,25H,5-6,15-17H2,1-4H3. The van der Waals surface area contributed by atoms with Crippen molar-refractivity contribution in [1.29, 1.82) is 0 Å². The maximum atomic E-state index is 10.3. The van der Waals surface area contributed by atoms with Crippen molar-refractivity contribution >= 4 is 0 Å². The smallest absolute Gasteiger partial charge is 0.170 e. The van der Waals surface area contributed by atoms with Crippen molar-refractivity contribution in [3.05, 3.63) is 59.7 Å². The van der Waals surface area contributed by atoms with Gasteiger partial charge in [-0.25, -0.2) is 0 Å². The summed E-state index contributed by atoms with van der Waals surface area (Å²) in [4.78, 5) is 2.17. The van der Waals surface area contributed by atoms with Gasteiger partial charge in [0.1, 0.15) is 0 Å². The molecular weight excluding hydrogens is 370 g/mol. The molecule has 0 aliphatic rings. The molecule has 2 aromatic rings. The van der Waals surface area contributed by atoms with E-state index >= 15 is 0 Å². The molecule has 0 fully saturated rings. The third kappa shape index (κ3) is 6.72. The van der Waals surface area contributed by atoms with E-state index in [0.717, 1.165) is 11.1 Å². The average molecular weight is 404 g/mol. The fourth-order valence-electron chi connectivity index (χ4n) is 3.33. The Morgan fingerprint density at radius 1 is 0.897 bits per heavy atom. The van der Waals surface area contributed by atoms with Crippen LogP contribution in [0.1, 0.15) is 31.0 Å². The first kappa shape index (κ1) is 23.2. The van der Waals surface area contributed by atoms with E-state index in [2.05, 4.69) is 17.0 Å². The SMILES string of the molecule is CCOC(CN(Cc1ccccc1)C(CO)c1ccc(OC)c(OC)c1)OCC. The number of rotatable bonds is 13. The van der Waals surface area contributed by atoms with Crippen molar-refractivity contribution in [3.8, 4) is 11.5 Å². The lowest BCUT2D eigenvalue weighted by Gasteiger charge is -2.34. The van der Waals surface area contributed by atoms with E-state index in [-0.39, 0.29) is 18.9 Å². The van der Waals surface area contributed by atoms with E-state index in [1.807, 2.05) is 50.2 Å². The third-order valence-electron chi connectivity index (χ3n) is 4.72. The van der Waals surface area contributed by atoms with Crippen LogP contribution in [-0.4, -0.2) is 56.9 Å². The van der Waals surface area contributed by atoms with Crippen molar-refractivity contribution in [2.45, 2.75) is 32.7 Å². The zero-order chi connectivity index (χ0) is 21.1. The van der Waals surface area contributed by atoms with Crippen molar-refractivity contribution in [3.63, 3.8) is 0 Å². The topological polar surface area (TPSA) is 60.4 Å². The highest BCUT2D eigenvalue weighted by atomic mass is 16.7. The second kappa shape index (κ2) is 12.4. The molecule has 0 heterocycles. The number of aliphatic hydroxyl groups excluding tert-OH is 1. The number of benzene rings is 2. The molecular formula is C23H33NO5. The summed E-state index contributed by atoms with van der Waals surface area (Å²) in [6.07, 6.45) is -0.372. The van der Waals surface area contributed by atoms with Crippen LogP contribution in [0.4, 0.5) is 0 Å². The summed E-state index contributed by atoms with van der Waals surface area (Å²) in [6, 6.07) is 15.7. The first-order valence-corrected chi connectivity index (χ1v) is 10.0. The largest absolute Gasteiger partial charge is 0.493 e. The van der Waals surface area contributed by atoms with Crippen molar-refractivity contribution in [2.75, 3.05) is 40.6 Å². The van der Waals surface area contributed by atoms with Crippen LogP contribution in [0, 0.1) is 0 Å². The second-order valence-electron chi connectivity index (χ2n) is 6.57. The molecule has 0 aliphatic carbocycles. The molecule has 0 aromatic heterocycles. The Hall–Kier alpha value is -2.12. The maximum Gasteiger partial charge on any atom is 0.170 e. The van der Waals surface area contributed by atoms with Gasteiger partial charge in [-0.15, -0.1) is 0 Å². The van der Waals surface area contributed by atoms with Crippen LogP contribution in [0.5, 0.6) is 11.5 Å². The Bertz CT molecular complexity index is 704. The molecule has 0 radical (unpaired) electrons. The number of aliphatic hydroxyl groups is 1. The molecule has 6 nitrogen and oxygen atoms in total. The normalized spacial score (nSPS) is 12.4. The second-order valence-corrected chi connectivity index (χ2v) is 6.57. The highest BCUT2D eigenvalue weighted by Crippen LogP contribution is 2.32. The summed E-state index contributed by atoms with van der Waals surface area (Å²) in [7, 11) is 3.22. The first-order valence-electron chi connectivity index (χ1n) is 10.0. The highest BCUT2D eigenvalue weighted by Gasteiger charge is 2.25. The van der Waals surface area contributed by atoms with E-state index in [1.54, 1.807) is 14.2 Å². The third-order valence-corrected chi connectivity index (χ3v) is 4.72. The molecule has 2 rings (SSSR count). The number of ether oxygens (including phenoxy) is 4. The van der Waals surface area contributed by atoms with Gasteiger partial charge in [-0.2, -0.15) is 0 Å². The fourth-order valence-corrected chi connectivity index (χ4v) is 3.33. The Morgan fingerprint density at radius 2 is 1.55 bits per heavy atom. The summed E-state index contributed by atoms with van der Waals surface area (Å²) in [6.45, 7) is 6.14. The minimum atomic E-state index is -0.372. The lowest BCUT2D eigenvalue weighted by atomic mass is 10.0. The van der Waals surface area contributed by atoms with Gasteiger partial charge in [-0.3, -0.25) is 4.90 Å². The van der Waals surface area contributed by atoms with E-state index in [4.69, 9.17) is 18.9 Å². The molecule has 0 saturated heterocycles. The zero-order valence-corrected chi connectivity index (χ0v) is 17.8. The number of hydrogen-bond donors (Lipinski definition) is 1. The lowest BCUT2D eigenvalue weighted by molar-refractivity contribution is -0.153. The minimum Gasteiger partial charge on any atom is -0.493 e. The van der Waals surface area contributed by atoms with Crippen LogP contribution in [0.3, 0.4) is 0 Å². The van der Waals surface area contributed by atoms with Crippen LogP contribution in [0.2, 0.25) is 0 Å². The Labute approximate surface area is 174 Å². The maximum absolute atomic E-state index is 10.3. The molecule has 0 saturated carbocycles. The van der Waals surface area contributed by atoms with Gasteiger partial charge < -0.3 is 24.1 Å². The molecule has 2 aromatic carbocycles. The van der Waals surface area contributed by atoms with Gasteiger partial charge in [-0.1, -0.05) is 36.4 Å². The fraction of sp³-hybridized carbons (Fsp3) is 0.478. The predicted molar refractivity (Wildman–Crippen MR) is 113 cm³/mol. The van der Waals surface area contributed by atoms with Gasteiger partial charge >= 0.3 is 0 Å². The van der Waals surface area contributed by atoms with Gasteiger partial charge in [-0.05, 0) is 37.1 Å². The van der Waals surface area contributed by atoms with Crippen molar-refractivity contribution in [2.24, 2.45) is 0 Å².